The SMILES string of the molecule is O=C(O)C1Cc2ccc(F)c(F)c2C1. The minimum atomic E-state index is -0.957. The first-order valence-corrected chi connectivity index (χ1v) is 4.28. The molecule has 74 valence electrons. The maximum atomic E-state index is 13.2. The summed E-state index contributed by atoms with van der Waals surface area (Å²) in [6, 6.07) is 2.50. The van der Waals surface area contributed by atoms with E-state index in [0.717, 1.165) is 6.07 Å². The van der Waals surface area contributed by atoms with E-state index in [2.05, 4.69) is 0 Å². The highest BCUT2D eigenvalue weighted by Gasteiger charge is 2.30. The maximum Gasteiger partial charge on any atom is 0.307 e. The van der Waals surface area contributed by atoms with Crippen molar-refractivity contribution in [3.8, 4) is 0 Å². The smallest absolute Gasteiger partial charge is 0.307 e. The van der Waals surface area contributed by atoms with E-state index >= 15 is 0 Å². The molecule has 0 radical (unpaired) electrons. The van der Waals surface area contributed by atoms with Gasteiger partial charge in [-0.1, -0.05) is 6.07 Å². The van der Waals surface area contributed by atoms with Crippen LogP contribution in [0, 0.1) is 17.6 Å². The Labute approximate surface area is 79.2 Å². The Morgan fingerprint density at radius 3 is 2.71 bits per heavy atom. The molecule has 1 aliphatic rings. The van der Waals surface area contributed by atoms with E-state index in [4.69, 9.17) is 5.11 Å². The predicted octanol–water partition coefficient (Wildman–Crippen LogP) is 1.76. The third kappa shape index (κ3) is 1.27. The van der Waals surface area contributed by atoms with Gasteiger partial charge in [0.15, 0.2) is 11.6 Å². The lowest BCUT2D eigenvalue weighted by atomic mass is 10.1. The minimum Gasteiger partial charge on any atom is -0.481 e. The average molecular weight is 198 g/mol. The molecular weight excluding hydrogens is 190 g/mol. The third-order valence-electron chi connectivity index (χ3n) is 2.56. The van der Waals surface area contributed by atoms with Gasteiger partial charge >= 0.3 is 5.97 Å². The molecule has 2 nitrogen and oxygen atoms in total. The van der Waals surface area contributed by atoms with Gasteiger partial charge in [-0.25, -0.2) is 8.78 Å². The number of carboxylic acid groups (broad SMARTS) is 1. The highest BCUT2D eigenvalue weighted by Crippen LogP contribution is 2.29. The van der Waals surface area contributed by atoms with E-state index in [1.165, 1.54) is 6.07 Å². The molecule has 0 heterocycles. The Hall–Kier alpha value is -1.45. The van der Waals surface area contributed by atoms with Crippen LogP contribution in [-0.4, -0.2) is 11.1 Å². The molecule has 0 fully saturated rings. The number of aliphatic carboxylic acids is 1. The molecule has 0 saturated heterocycles. The second-order valence-corrected chi connectivity index (χ2v) is 3.44. The van der Waals surface area contributed by atoms with Crippen molar-refractivity contribution in [1.82, 2.24) is 0 Å². The van der Waals surface area contributed by atoms with Crippen LogP contribution in [0.1, 0.15) is 11.1 Å². The van der Waals surface area contributed by atoms with Crippen LogP contribution in [0.15, 0.2) is 12.1 Å². The van der Waals surface area contributed by atoms with E-state index in [0.29, 0.717) is 12.0 Å². The topological polar surface area (TPSA) is 37.3 Å². The second-order valence-electron chi connectivity index (χ2n) is 3.44. The molecule has 1 aromatic carbocycles. The zero-order valence-corrected chi connectivity index (χ0v) is 7.26. The summed E-state index contributed by atoms with van der Waals surface area (Å²) in [5.41, 5.74) is 0.828. The summed E-state index contributed by atoms with van der Waals surface area (Å²) in [4.78, 5) is 10.7. The number of rotatable bonds is 1. The zero-order valence-electron chi connectivity index (χ0n) is 7.26. The van der Waals surface area contributed by atoms with Gasteiger partial charge in [-0.3, -0.25) is 4.79 Å². The van der Waals surface area contributed by atoms with Gasteiger partial charge in [0.2, 0.25) is 0 Å². The van der Waals surface area contributed by atoms with E-state index in [1.807, 2.05) is 0 Å². The number of halogens is 2. The van der Waals surface area contributed by atoms with Crippen molar-refractivity contribution in [3.63, 3.8) is 0 Å². The molecule has 1 N–H and O–H groups in total. The van der Waals surface area contributed by atoms with Crippen molar-refractivity contribution < 1.29 is 18.7 Å². The van der Waals surface area contributed by atoms with Gasteiger partial charge in [-0.2, -0.15) is 0 Å². The Kier molecular flexibility index (Phi) is 1.98. The number of fused-ring (bicyclic) bond motifs is 1. The van der Waals surface area contributed by atoms with Crippen molar-refractivity contribution in [3.05, 3.63) is 34.9 Å². The van der Waals surface area contributed by atoms with Crippen molar-refractivity contribution in [2.24, 2.45) is 5.92 Å². The normalized spacial score (nSPS) is 19.4. The number of carbonyl (C=O) groups is 1. The molecular formula is C10H8F2O2. The Morgan fingerprint density at radius 2 is 2.07 bits per heavy atom. The first-order chi connectivity index (χ1) is 6.59. The molecule has 1 aromatic rings. The van der Waals surface area contributed by atoms with Gasteiger partial charge in [0.05, 0.1) is 5.92 Å². The molecule has 2 rings (SSSR count). The minimum absolute atomic E-state index is 0.0915. The number of hydrogen-bond acceptors (Lipinski definition) is 1. The first kappa shape index (κ1) is 9.12. The third-order valence-corrected chi connectivity index (χ3v) is 2.56. The fraction of sp³-hybridized carbons (Fsp3) is 0.300. The van der Waals surface area contributed by atoms with E-state index in [1.54, 1.807) is 0 Å². The summed E-state index contributed by atoms with van der Waals surface area (Å²) in [7, 11) is 0. The molecule has 0 saturated carbocycles. The summed E-state index contributed by atoms with van der Waals surface area (Å²) in [6.45, 7) is 0. The lowest BCUT2D eigenvalue weighted by molar-refractivity contribution is -0.141. The standard InChI is InChI=1S/C10H8F2O2/c11-8-2-1-5-3-6(10(13)14)4-7(5)9(8)12/h1-2,6H,3-4H2,(H,13,14). The van der Waals surface area contributed by atoms with Crippen LogP contribution < -0.4 is 0 Å². The van der Waals surface area contributed by atoms with Gasteiger partial charge < -0.3 is 5.11 Å². The fourth-order valence-electron chi connectivity index (χ4n) is 1.80. The summed E-state index contributed by atoms with van der Waals surface area (Å²) >= 11 is 0. The highest BCUT2D eigenvalue weighted by atomic mass is 19.2. The molecule has 0 aromatic heterocycles. The van der Waals surface area contributed by atoms with Gasteiger partial charge in [-0.05, 0) is 30.0 Å². The Morgan fingerprint density at radius 1 is 1.36 bits per heavy atom. The number of carboxylic acids is 1. The maximum absolute atomic E-state index is 13.2. The highest BCUT2D eigenvalue weighted by molar-refractivity contribution is 5.72. The van der Waals surface area contributed by atoms with Crippen molar-refractivity contribution >= 4 is 5.97 Å². The summed E-state index contributed by atoms with van der Waals surface area (Å²) < 4.78 is 26.0. The van der Waals surface area contributed by atoms with E-state index in [-0.39, 0.29) is 12.0 Å². The van der Waals surface area contributed by atoms with Crippen LogP contribution in [-0.2, 0) is 17.6 Å². The molecule has 14 heavy (non-hydrogen) atoms. The molecule has 0 aliphatic heterocycles. The lowest BCUT2D eigenvalue weighted by Crippen LogP contribution is -2.13. The predicted molar refractivity (Wildman–Crippen MR) is 44.9 cm³/mol. The van der Waals surface area contributed by atoms with E-state index in [9.17, 15) is 13.6 Å². The van der Waals surface area contributed by atoms with E-state index < -0.39 is 23.5 Å². The summed E-state index contributed by atoms with van der Waals surface area (Å²) in [5.74, 6) is -3.37. The van der Waals surface area contributed by atoms with Gasteiger partial charge in [0.1, 0.15) is 0 Å². The van der Waals surface area contributed by atoms with Crippen LogP contribution in [0.5, 0.6) is 0 Å². The van der Waals surface area contributed by atoms with Crippen LogP contribution in [0.3, 0.4) is 0 Å². The molecule has 0 bridgehead atoms. The average Bonchev–Trinajstić information content (AvgIpc) is 2.56. The number of benzene rings is 1. The van der Waals surface area contributed by atoms with Crippen molar-refractivity contribution in [2.75, 3.05) is 0 Å². The monoisotopic (exact) mass is 198 g/mol. The van der Waals surface area contributed by atoms with Gasteiger partial charge in [0, 0.05) is 0 Å². The van der Waals surface area contributed by atoms with Gasteiger partial charge in [0.25, 0.3) is 0 Å². The molecule has 0 spiro atoms. The zero-order chi connectivity index (χ0) is 10.3. The van der Waals surface area contributed by atoms with Crippen LogP contribution in [0.4, 0.5) is 8.78 Å². The molecule has 4 heteroatoms. The first-order valence-electron chi connectivity index (χ1n) is 4.28. The Balaban J connectivity index is 2.40. The largest absolute Gasteiger partial charge is 0.481 e. The summed E-state index contributed by atoms with van der Waals surface area (Å²) in [6.07, 6.45) is 0.385. The quantitative estimate of drug-likeness (QED) is 0.746. The number of hydrogen-bond donors (Lipinski definition) is 1. The summed E-state index contributed by atoms with van der Waals surface area (Å²) in [5, 5.41) is 8.73. The fourth-order valence-corrected chi connectivity index (χ4v) is 1.80. The van der Waals surface area contributed by atoms with Crippen LogP contribution in [0.25, 0.3) is 0 Å². The van der Waals surface area contributed by atoms with Gasteiger partial charge in [-0.15, -0.1) is 0 Å². The lowest BCUT2D eigenvalue weighted by Gasteiger charge is -2.00. The molecule has 1 unspecified atom stereocenters. The van der Waals surface area contributed by atoms with Crippen LogP contribution in [0.2, 0.25) is 0 Å². The van der Waals surface area contributed by atoms with Crippen molar-refractivity contribution in [2.45, 2.75) is 12.8 Å². The molecule has 0 amide bonds. The molecule has 1 atom stereocenters. The molecule has 1 aliphatic carbocycles. The van der Waals surface area contributed by atoms with Crippen LogP contribution >= 0.6 is 0 Å². The second kappa shape index (κ2) is 3.04. The van der Waals surface area contributed by atoms with Crippen molar-refractivity contribution in [1.29, 1.82) is 0 Å². The Bertz CT molecular complexity index is 401.